The quantitative estimate of drug-likeness (QED) is 0.807. The van der Waals surface area contributed by atoms with Crippen molar-refractivity contribution < 1.29 is 9.53 Å². The molecule has 5 heteroatoms. The van der Waals surface area contributed by atoms with Crippen LogP contribution >= 0.6 is 0 Å². The topological polar surface area (TPSA) is 44.8 Å². The maximum absolute atomic E-state index is 12.3. The Morgan fingerprint density at radius 3 is 2.65 bits per heavy atom. The number of amides is 1. The summed E-state index contributed by atoms with van der Waals surface area (Å²) >= 11 is 0. The molecule has 1 N–H and O–H groups in total. The highest BCUT2D eigenvalue weighted by atomic mass is 16.5. The van der Waals surface area contributed by atoms with Gasteiger partial charge < -0.3 is 15.0 Å². The van der Waals surface area contributed by atoms with E-state index in [-0.39, 0.29) is 12.0 Å². The third-order valence-electron chi connectivity index (χ3n) is 4.44. The fraction of sp³-hybridized carbons (Fsp3) is 0.933. The molecule has 1 unspecified atom stereocenters. The van der Waals surface area contributed by atoms with Gasteiger partial charge in [0.05, 0.1) is 19.3 Å². The van der Waals surface area contributed by atoms with Gasteiger partial charge in [0.1, 0.15) is 0 Å². The lowest BCUT2D eigenvalue weighted by Crippen LogP contribution is -2.48. The molecule has 0 bridgehead atoms. The Kier molecular flexibility index (Phi) is 6.26. The molecule has 0 radical (unpaired) electrons. The molecule has 0 aromatic rings. The first kappa shape index (κ1) is 15.7. The number of nitrogens with zero attached hydrogens (tertiary/aromatic N) is 2. The van der Waals surface area contributed by atoms with Crippen molar-refractivity contribution in [1.82, 2.24) is 15.1 Å². The van der Waals surface area contributed by atoms with E-state index in [4.69, 9.17) is 4.74 Å². The normalized spacial score (nSPS) is 24.9. The number of hydrogen-bond acceptors (Lipinski definition) is 4. The first-order chi connectivity index (χ1) is 9.66. The summed E-state index contributed by atoms with van der Waals surface area (Å²) in [4.78, 5) is 16.4. The summed E-state index contributed by atoms with van der Waals surface area (Å²) in [5.74, 6) is 0.239. The van der Waals surface area contributed by atoms with E-state index >= 15 is 0 Å². The van der Waals surface area contributed by atoms with Crippen LogP contribution < -0.4 is 5.32 Å². The summed E-state index contributed by atoms with van der Waals surface area (Å²) in [6.07, 6.45) is 6.40. The van der Waals surface area contributed by atoms with Crippen LogP contribution in [0.25, 0.3) is 0 Å². The molecule has 0 spiro atoms. The van der Waals surface area contributed by atoms with E-state index in [1.807, 2.05) is 19.0 Å². The van der Waals surface area contributed by atoms with Crippen LogP contribution in [0.2, 0.25) is 0 Å². The van der Waals surface area contributed by atoms with Crippen molar-refractivity contribution in [3.63, 3.8) is 0 Å². The van der Waals surface area contributed by atoms with Gasteiger partial charge in [-0.15, -0.1) is 0 Å². The zero-order chi connectivity index (χ0) is 14.4. The highest BCUT2D eigenvalue weighted by molar-refractivity contribution is 5.78. The van der Waals surface area contributed by atoms with Crippen LogP contribution in [0.15, 0.2) is 0 Å². The van der Waals surface area contributed by atoms with Crippen LogP contribution in [-0.2, 0) is 9.53 Å². The maximum Gasteiger partial charge on any atom is 0.236 e. The summed E-state index contributed by atoms with van der Waals surface area (Å²) in [5.41, 5.74) is 0. The average molecular weight is 283 g/mol. The lowest BCUT2D eigenvalue weighted by atomic mass is 9.94. The van der Waals surface area contributed by atoms with E-state index in [2.05, 4.69) is 10.2 Å². The fourth-order valence-electron chi connectivity index (χ4n) is 3.16. The maximum atomic E-state index is 12.3. The second-order valence-electron chi connectivity index (χ2n) is 6.19. The lowest BCUT2D eigenvalue weighted by molar-refractivity contribution is -0.133. The van der Waals surface area contributed by atoms with E-state index in [1.54, 1.807) is 0 Å². The lowest BCUT2D eigenvalue weighted by Gasteiger charge is -2.33. The zero-order valence-electron chi connectivity index (χ0n) is 12.9. The Hall–Kier alpha value is -0.650. The third-order valence-corrected chi connectivity index (χ3v) is 4.44. The van der Waals surface area contributed by atoms with Crippen LogP contribution in [0.3, 0.4) is 0 Å². The minimum absolute atomic E-state index is 0.210. The number of carbonyl (C=O) groups is 1. The first-order valence-electron chi connectivity index (χ1n) is 7.93. The Morgan fingerprint density at radius 2 is 2.00 bits per heavy atom. The molecule has 1 amide bonds. The number of likely N-dealkylation sites (N-methyl/N-ethyl adjacent to an activating group) is 2. The van der Waals surface area contributed by atoms with Gasteiger partial charge in [-0.2, -0.15) is 0 Å². The molecular formula is C15H29N3O2. The molecule has 5 nitrogen and oxygen atoms in total. The monoisotopic (exact) mass is 283 g/mol. The van der Waals surface area contributed by atoms with Crippen molar-refractivity contribution >= 4 is 5.91 Å². The average Bonchev–Trinajstić information content (AvgIpc) is 2.48. The van der Waals surface area contributed by atoms with E-state index < -0.39 is 0 Å². The molecule has 2 fully saturated rings. The van der Waals surface area contributed by atoms with Gasteiger partial charge in [0.25, 0.3) is 0 Å². The summed E-state index contributed by atoms with van der Waals surface area (Å²) in [6.45, 7) is 3.90. The van der Waals surface area contributed by atoms with Gasteiger partial charge in [-0.05, 0) is 19.9 Å². The van der Waals surface area contributed by atoms with E-state index in [1.165, 1.54) is 32.1 Å². The highest BCUT2D eigenvalue weighted by Gasteiger charge is 2.23. The van der Waals surface area contributed by atoms with Crippen molar-refractivity contribution in [3.05, 3.63) is 0 Å². The van der Waals surface area contributed by atoms with E-state index in [0.29, 0.717) is 12.6 Å². The Bertz CT molecular complexity index is 299. The van der Waals surface area contributed by atoms with Crippen LogP contribution in [0.4, 0.5) is 0 Å². The summed E-state index contributed by atoms with van der Waals surface area (Å²) < 4.78 is 5.68. The zero-order valence-corrected chi connectivity index (χ0v) is 12.9. The number of ether oxygens (including phenoxy) is 1. The molecule has 1 saturated heterocycles. The van der Waals surface area contributed by atoms with Gasteiger partial charge >= 0.3 is 0 Å². The van der Waals surface area contributed by atoms with Gasteiger partial charge in [0, 0.05) is 32.7 Å². The molecule has 2 rings (SSSR count). The number of nitrogens with one attached hydrogen (secondary N) is 1. The predicted octanol–water partition coefficient (Wildman–Crippen LogP) is 0.698. The van der Waals surface area contributed by atoms with Gasteiger partial charge in [-0.3, -0.25) is 9.69 Å². The molecule has 116 valence electrons. The summed E-state index contributed by atoms with van der Waals surface area (Å²) in [6, 6.07) is 0.456. The fourth-order valence-corrected chi connectivity index (χ4v) is 3.16. The Morgan fingerprint density at radius 1 is 1.25 bits per heavy atom. The van der Waals surface area contributed by atoms with Crippen LogP contribution in [0.1, 0.15) is 32.1 Å². The van der Waals surface area contributed by atoms with Crippen molar-refractivity contribution in [2.75, 3.05) is 46.9 Å². The molecule has 1 atom stereocenters. The standard InChI is InChI=1S/C15H29N3O2/c1-17(11-14-10-16-8-9-20-14)12-15(19)18(2)13-6-4-3-5-7-13/h13-14,16H,3-12H2,1-2H3. The smallest absolute Gasteiger partial charge is 0.236 e. The SMILES string of the molecule is CN(CC(=O)N(C)C1CCCCC1)CC1CNCCO1. The van der Waals surface area contributed by atoms with E-state index in [9.17, 15) is 4.79 Å². The second kappa shape index (κ2) is 7.96. The molecule has 1 saturated carbocycles. The second-order valence-corrected chi connectivity index (χ2v) is 6.19. The van der Waals surface area contributed by atoms with Crippen LogP contribution in [0.5, 0.6) is 0 Å². The van der Waals surface area contributed by atoms with Gasteiger partial charge in [0.2, 0.25) is 5.91 Å². The number of hydrogen-bond donors (Lipinski definition) is 1. The highest BCUT2D eigenvalue weighted by Crippen LogP contribution is 2.21. The Labute approximate surface area is 122 Å². The van der Waals surface area contributed by atoms with Crippen LogP contribution in [-0.4, -0.2) is 74.7 Å². The Balaban J connectivity index is 1.71. The van der Waals surface area contributed by atoms with Crippen molar-refractivity contribution in [3.8, 4) is 0 Å². The first-order valence-corrected chi connectivity index (χ1v) is 7.93. The van der Waals surface area contributed by atoms with Crippen LogP contribution in [0, 0.1) is 0 Å². The van der Waals surface area contributed by atoms with Crippen molar-refractivity contribution in [2.24, 2.45) is 0 Å². The molecular weight excluding hydrogens is 254 g/mol. The van der Waals surface area contributed by atoms with E-state index in [0.717, 1.165) is 26.2 Å². The molecule has 0 aromatic heterocycles. The summed E-state index contributed by atoms with van der Waals surface area (Å²) in [5, 5.41) is 3.32. The van der Waals surface area contributed by atoms with Gasteiger partial charge in [-0.25, -0.2) is 0 Å². The molecule has 1 aliphatic heterocycles. The van der Waals surface area contributed by atoms with Gasteiger partial charge in [0.15, 0.2) is 0 Å². The minimum Gasteiger partial charge on any atom is -0.374 e. The summed E-state index contributed by atoms with van der Waals surface area (Å²) in [7, 11) is 3.97. The molecule has 0 aromatic carbocycles. The predicted molar refractivity (Wildman–Crippen MR) is 79.7 cm³/mol. The molecule has 20 heavy (non-hydrogen) atoms. The van der Waals surface area contributed by atoms with Gasteiger partial charge in [-0.1, -0.05) is 19.3 Å². The number of rotatable bonds is 5. The van der Waals surface area contributed by atoms with Crippen molar-refractivity contribution in [2.45, 2.75) is 44.2 Å². The molecule has 2 aliphatic rings. The number of carbonyl (C=O) groups excluding carboxylic acids is 1. The molecule has 1 heterocycles. The third kappa shape index (κ3) is 4.72. The minimum atomic E-state index is 0.210. The molecule has 1 aliphatic carbocycles. The van der Waals surface area contributed by atoms with Crippen molar-refractivity contribution in [1.29, 1.82) is 0 Å². The number of morpholine rings is 1. The largest absolute Gasteiger partial charge is 0.374 e.